The number of phosphoric ester groups is 1. The van der Waals surface area contributed by atoms with E-state index in [1.165, 1.54) is 154 Å². The average molecular weight is 599 g/mol. The van der Waals surface area contributed by atoms with Gasteiger partial charge in [-0.3, -0.25) is 9.05 Å². The summed E-state index contributed by atoms with van der Waals surface area (Å²) in [4.78, 5) is 9.87. The van der Waals surface area contributed by atoms with Crippen molar-refractivity contribution in [3.63, 3.8) is 0 Å². The Balaban J connectivity index is 3.34. The summed E-state index contributed by atoms with van der Waals surface area (Å²) in [6.45, 7) is 5.15. The Morgan fingerprint density at radius 2 is 0.659 bits per heavy atom. The van der Waals surface area contributed by atoms with Crippen molar-refractivity contribution in [1.29, 1.82) is 0 Å². The molecule has 0 rings (SSSR count). The number of allylic oxidation sites excluding steroid dienone is 4. The minimum absolute atomic E-state index is 0.311. The molecular formula is C36H71O4P. The van der Waals surface area contributed by atoms with Crippen molar-refractivity contribution >= 4 is 7.82 Å². The molecule has 244 valence electrons. The van der Waals surface area contributed by atoms with Gasteiger partial charge in [-0.15, -0.1) is 0 Å². The van der Waals surface area contributed by atoms with E-state index in [9.17, 15) is 9.46 Å². The smallest absolute Gasteiger partial charge is 0.302 e. The van der Waals surface area contributed by atoms with Crippen molar-refractivity contribution < 1.29 is 18.5 Å². The van der Waals surface area contributed by atoms with E-state index in [4.69, 9.17) is 9.05 Å². The van der Waals surface area contributed by atoms with Crippen LogP contribution in [0, 0.1) is 0 Å². The molecule has 0 aromatic carbocycles. The molecule has 0 heterocycles. The van der Waals surface area contributed by atoms with Gasteiger partial charge >= 0.3 is 7.82 Å². The molecule has 1 N–H and O–H groups in total. The van der Waals surface area contributed by atoms with E-state index in [0.717, 1.165) is 25.7 Å². The molecule has 0 aromatic heterocycles. The average Bonchev–Trinajstić information content (AvgIpc) is 2.96. The maximum absolute atomic E-state index is 12.0. The summed E-state index contributed by atoms with van der Waals surface area (Å²) in [6.07, 6.45) is 44.3. The predicted molar refractivity (Wildman–Crippen MR) is 181 cm³/mol. The molecule has 5 heteroatoms. The first kappa shape index (κ1) is 40.6. The summed E-state index contributed by atoms with van der Waals surface area (Å²) in [5.74, 6) is 0. The minimum Gasteiger partial charge on any atom is -0.302 e. The molecule has 0 bridgehead atoms. The third kappa shape index (κ3) is 35.7. The first-order valence-electron chi connectivity index (χ1n) is 18.0. The highest BCUT2D eigenvalue weighted by Gasteiger charge is 2.19. The summed E-state index contributed by atoms with van der Waals surface area (Å²) < 4.78 is 22.3. The van der Waals surface area contributed by atoms with Crippen LogP contribution in [-0.4, -0.2) is 18.1 Å². The minimum atomic E-state index is -3.89. The molecule has 0 saturated carbocycles. The topological polar surface area (TPSA) is 55.8 Å². The third-order valence-corrected chi connectivity index (χ3v) is 8.84. The van der Waals surface area contributed by atoms with Crippen molar-refractivity contribution in [2.75, 3.05) is 13.2 Å². The molecule has 0 radical (unpaired) electrons. The first-order valence-corrected chi connectivity index (χ1v) is 19.5. The van der Waals surface area contributed by atoms with E-state index in [0.29, 0.717) is 13.2 Å². The molecule has 0 spiro atoms. The van der Waals surface area contributed by atoms with Crippen LogP contribution in [-0.2, 0) is 13.6 Å². The van der Waals surface area contributed by atoms with Gasteiger partial charge in [0.25, 0.3) is 0 Å². The van der Waals surface area contributed by atoms with E-state index in [1.807, 2.05) is 0 Å². The fourth-order valence-electron chi connectivity index (χ4n) is 5.10. The second-order valence-corrected chi connectivity index (χ2v) is 13.5. The molecule has 0 saturated heterocycles. The highest BCUT2D eigenvalue weighted by Crippen LogP contribution is 2.43. The number of hydrogen-bond donors (Lipinski definition) is 1. The van der Waals surface area contributed by atoms with Crippen LogP contribution in [0.3, 0.4) is 0 Å². The van der Waals surface area contributed by atoms with Crippen LogP contribution in [0.4, 0.5) is 0 Å². The van der Waals surface area contributed by atoms with Crippen LogP contribution in [0.15, 0.2) is 24.3 Å². The van der Waals surface area contributed by atoms with Crippen molar-refractivity contribution in [1.82, 2.24) is 0 Å². The van der Waals surface area contributed by atoms with E-state index < -0.39 is 7.82 Å². The molecule has 41 heavy (non-hydrogen) atoms. The normalized spacial score (nSPS) is 12.4. The summed E-state index contributed by atoms with van der Waals surface area (Å²) in [5, 5.41) is 0. The molecular weight excluding hydrogens is 527 g/mol. The molecule has 0 aromatic rings. The van der Waals surface area contributed by atoms with Gasteiger partial charge in [-0.1, -0.05) is 154 Å². The number of rotatable bonds is 34. The lowest BCUT2D eigenvalue weighted by atomic mass is 10.1. The zero-order valence-corrected chi connectivity index (χ0v) is 28.5. The van der Waals surface area contributed by atoms with Gasteiger partial charge in [0, 0.05) is 0 Å². The van der Waals surface area contributed by atoms with Gasteiger partial charge in [0.2, 0.25) is 0 Å². The molecule has 0 amide bonds. The zero-order chi connectivity index (χ0) is 30.0. The maximum Gasteiger partial charge on any atom is 0.472 e. The lowest BCUT2D eigenvalue weighted by Crippen LogP contribution is -1.99. The summed E-state index contributed by atoms with van der Waals surface area (Å²) in [5.41, 5.74) is 0. The van der Waals surface area contributed by atoms with E-state index in [-0.39, 0.29) is 0 Å². The predicted octanol–water partition coefficient (Wildman–Crippen LogP) is 13.2. The molecule has 0 aliphatic carbocycles. The van der Waals surface area contributed by atoms with Crippen LogP contribution >= 0.6 is 7.82 Å². The SMILES string of the molecule is CCCCCCC/C=C/CCCCCCCCCOP(=O)(O)OCCCCCCCCC/C=C/CCCCCCC. The first-order chi connectivity index (χ1) is 20.1. The highest BCUT2D eigenvalue weighted by atomic mass is 31.2. The van der Waals surface area contributed by atoms with Gasteiger partial charge in [0.1, 0.15) is 0 Å². The Morgan fingerprint density at radius 1 is 0.415 bits per heavy atom. The molecule has 0 aliphatic rings. The lowest BCUT2D eigenvalue weighted by Gasteiger charge is -2.12. The molecule has 4 nitrogen and oxygen atoms in total. The summed E-state index contributed by atoms with van der Waals surface area (Å²) >= 11 is 0. The molecule has 0 unspecified atom stereocenters. The van der Waals surface area contributed by atoms with Crippen molar-refractivity contribution in [2.45, 2.75) is 194 Å². The Hall–Kier alpha value is -0.410. The maximum atomic E-state index is 12.0. The largest absolute Gasteiger partial charge is 0.472 e. The van der Waals surface area contributed by atoms with Crippen LogP contribution in [0.25, 0.3) is 0 Å². The van der Waals surface area contributed by atoms with E-state index in [2.05, 4.69) is 38.2 Å². The number of hydrogen-bond acceptors (Lipinski definition) is 3. The summed E-state index contributed by atoms with van der Waals surface area (Å²) in [6, 6.07) is 0. The fraction of sp³-hybridized carbons (Fsp3) is 0.889. The van der Waals surface area contributed by atoms with Gasteiger partial charge in [-0.05, 0) is 64.2 Å². The number of phosphoric acid groups is 1. The van der Waals surface area contributed by atoms with Gasteiger partial charge in [-0.2, -0.15) is 0 Å². The molecule has 0 atom stereocenters. The van der Waals surface area contributed by atoms with Crippen LogP contribution < -0.4 is 0 Å². The Kier molecular flexibility index (Phi) is 33.7. The quantitative estimate of drug-likeness (QED) is 0.0455. The van der Waals surface area contributed by atoms with Crippen LogP contribution in [0.5, 0.6) is 0 Å². The van der Waals surface area contributed by atoms with Crippen LogP contribution in [0.2, 0.25) is 0 Å². The Labute approximate surface area is 257 Å². The Morgan fingerprint density at radius 3 is 0.951 bits per heavy atom. The third-order valence-electron chi connectivity index (χ3n) is 7.82. The Bertz CT molecular complexity index is 556. The number of unbranched alkanes of at least 4 members (excludes halogenated alkanes) is 24. The molecule has 0 fully saturated rings. The standard InChI is InChI=1S/C36H71O4P/c1-3-5-7-9-11-13-15-17-19-21-23-25-27-29-31-33-35-39-41(37,38)40-36-34-32-30-28-26-24-22-20-18-16-14-12-10-8-6-4-2/h15-18H,3-14,19-36H2,1-2H3,(H,37,38)/b17-15+,18-16+. The van der Waals surface area contributed by atoms with Gasteiger partial charge in [0.05, 0.1) is 13.2 Å². The zero-order valence-electron chi connectivity index (χ0n) is 27.6. The van der Waals surface area contributed by atoms with Crippen molar-refractivity contribution in [3.05, 3.63) is 24.3 Å². The van der Waals surface area contributed by atoms with E-state index >= 15 is 0 Å². The highest BCUT2D eigenvalue weighted by molar-refractivity contribution is 7.47. The van der Waals surface area contributed by atoms with Crippen LogP contribution in [0.1, 0.15) is 194 Å². The summed E-state index contributed by atoms with van der Waals surface area (Å²) in [7, 11) is -3.89. The van der Waals surface area contributed by atoms with E-state index in [1.54, 1.807) is 0 Å². The monoisotopic (exact) mass is 599 g/mol. The fourth-order valence-corrected chi connectivity index (χ4v) is 5.89. The second kappa shape index (κ2) is 34.1. The van der Waals surface area contributed by atoms with Crippen molar-refractivity contribution in [3.8, 4) is 0 Å². The van der Waals surface area contributed by atoms with Gasteiger partial charge < -0.3 is 4.89 Å². The van der Waals surface area contributed by atoms with Crippen molar-refractivity contribution in [2.24, 2.45) is 0 Å². The molecule has 0 aliphatic heterocycles. The lowest BCUT2D eigenvalue weighted by molar-refractivity contribution is 0.145. The second-order valence-electron chi connectivity index (χ2n) is 12.0. The van der Waals surface area contributed by atoms with Gasteiger partial charge in [0.15, 0.2) is 0 Å². The van der Waals surface area contributed by atoms with Gasteiger partial charge in [-0.25, -0.2) is 4.57 Å².